The highest BCUT2D eigenvalue weighted by molar-refractivity contribution is 6.31. The van der Waals surface area contributed by atoms with E-state index in [1.54, 1.807) is 36.7 Å². The van der Waals surface area contributed by atoms with Crippen LogP contribution >= 0.6 is 11.6 Å². The molecule has 6 rings (SSSR count). The molecule has 7 heteroatoms. The number of fused-ring (bicyclic) bond motifs is 3. The Bertz CT molecular complexity index is 1440. The highest BCUT2D eigenvalue weighted by Crippen LogP contribution is 2.44. The molecule has 0 atom stereocenters. The van der Waals surface area contributed by atoms with E-state index in [-0.39, 0.29) is 23.7 Å². The summed E-state index contributed by atoms with van der Waals surface area (Å²) in [6, 6.07) is 19.2. The van der Waals surface area contributed by atoms with Crippen LogP contribution in [0.15, 0.2) is 73.1 Å². The summed E-state index contributed by atoms with van der Waals surface area (Å²) in [6.07, 6.45) is 5.24. The zero-order valence-corrected chi connectivity index (χ0v) is 20.0. The van der Waals surface area contributed by atoms with Crippen LogP contribution in [0.4, 0.5) is 5.69 Å². The van der Waals surface area contributed by atoms with Crippen molar-refractivity contribution in [2.45, 2.75) is 24.8 Å². The lowest BCUT2D eigenvalue weighted by Crippen LogP contribution is -2.46. The second-order valence-electron chi connectivity index (χ2n) is 9.44. The van der Waals surface area contributed by atoms with E-state index in [1.165, 1.54) is 11.3 Å². The van der Waals surface area contributed by atoms with Gasteiger partial charge in [0.25, 0.3) is 5.91 Å². The van der Waals surface area contributed by atoms with Gasteiger partial charge in [0.05, 0.1) is 17.6 Å². The predicted molar refractivity (Wildman–Crippen MR) is 137 cm³/mol. The third-order valence-corrected chi connectivity index (χ3v) is 7.70. The fourth-order valence-electron chi connectivity index (χ4n) is 5.54. The molecule has 4 heterocycles. The number of likely N-dealkylation sites (tertiary alicyclic amines) is 1. The van der Waals surface area contributed by atoms with Crippen molar-refractivity contribution in [3.63, 3.8) is 0 Å². The number of hydrogen-bond donors (Lipinski definition) is 1. The standard InChI is InChI=1S/C28H25ClN4O2/c29-19-8-9-20-21(16-33(25(20)15-19)17-26(34)24-7-3-4-12-30-24)27(35)32-13-10-28(11-14-32)18-31-23-6-2-1-5-22(23)28/h1-9,12,15-16,31H,10-11,13-14,17-18H2. The maximum atomic E-state index is 13.7. The Morgan fingerprint density at radius 3 is 2.63 bits per heavy atom. The topological polar surface area (TPSA) is 67.2 Å². The molecule has 0 aliphatic carbocycles. The Morgan fingerprint density at radius 1 is 1.03 bits per heavy atom. The monoisotopic (exact) mass is 484 g/mol. The van der Waals surface area contributed by atoms with Crippen LogP contribution in [0.3, 0.4) is 0 Å². The fourth-order valence-corrected chi connectivity index (χ4v) is 5.71. The summed E-state index contributed by atoms with van der Waals surface area (Å²) in [4.78, 5) is 32.6. The Labute approximate surface area is 208 Å². The van der Waals surface area contributed by atoms with E-state index in [9.17, 15) is 9.59 Å². The summed E-state index contributed by atoms with van der Waals surface area (Å²) < 4.78 is 1.81. The predicted octanol–water partition coefficient (Wildman–Crippen LogP) is 5.17. The molecule has 0 unspecified atom stereocenters. The van der Waals surface area contributed by atoms with Gasteiger partial charge in [-0.2, -0.15) is 0 Å². The third kappa shape index (κ3) is 3.78. The molecule has 35 heavy (non-hydrogen) atoms. The number of piperidine rings is 1. The minimum atomic E-state index is -0.117. The smallest absolute Gasteiger partial charge is 0.256 e. The van der Waals surface area contributed by atoms with Crippen molar-refractivity contribution in [2.75, 3.05) is 25.0 Å². The molecule has 0 saturated carbocycles. The number of carbonyl (C=O) groups is 2. The molecule has 6 nitrogen and oxygen atoms in total. The number of nitrogens with zero attached hydrogens (tertiary/aromatic N) is 3. The maximum absolute atomic E-state index is 13.7. The lowest BCUT2D eigenvalue weighted by Gasteiger charge is -2.39. The minimum absolute atomic E-state index is 0.00421. The number of aromatic nitrogens is 2. The first-order valence-electron chi connectivity index (χ1n) is 11.9. The number of anilines is 1. The normalized spacial score (nSPS) is 16.3. The largest absolute Gasteiger partial charge is 0.384 e. The molecule has 1 saturated heterocycles. The highest BCUT2D eigenvalue weighted by Gasteiger charge is 2.42. The molecule has 1 spiro atoms. The second-order valence-corrected chi connectivity index (χ2v) is 9.88. The average Bonchev–Trinajstić information content (AvgIpc) is 3.43. The van der Waals surface area contributed by atoms with E-state index in [0.29, 0.717) is 29.4 Å². The number of ketones is 1. The first-order chi connectivity index (χ1) is 17.0. The van der Waals surface area contributed by atoms with E-state index in [1.807, 2.05) is 21.6 Å². The van der Waals surface area contributed by atoms with Gasteiger partial charge in [0, 0.05) is 53.5 Å². The quantitative estimate of drug-likeness (QED) is 0.406. The number of para-hydroxylation sites is 1. The molecule has 1 amide bonds. The number of rotatable bonds is 4. The number of benzene rings is 2. The molecule has 176 valence electrons. The van der Waals surface area contributed by atoms with Gasteiger partial charge in [-0.25, -0.2) is 0 Å². The van der Waals surface area contributed by atoms with Crippen LogP contribution in [0, 0.1) is 0 Å². The van der Waals surface area contributed by atoms with Crippen LogP contribution in [-0.2, 0) is 12.0 Å². The van der Waals surface area contributed by atoms with Gasteiger partial charge >= 0.3 is 0 Å². The zero-order valence-electron chi connectivity index (χ0n) is 19.2. The number of halogens is 1. The molecule has 4 aromatic rings. The number of Topliss-reactive ketones (excluding diaryl/α,β-unsaturated/α-hetero) is 1. The summed E-state index contributed by atoms with van der Waals surface area (Å²) in [5.41, 5.74) is 4.44. The SMILES string of the molecule is O=C(Cn1cc(C(=O)N2CCC3(CC2)CNc2ccccc23)c2ccc(Cl)cc21)c1ccccn1. The van der Waals surface area contributed by atoms with Gasteiger partial charge in [-0.15, -0.1) is 0 Å². The van der Waals surface area contributed by atoms with Crippen LogP contribution in [0.5, 0.6) is 0 Å². The van der Waals surface area contributed by atoms with Crippen molar-refractivity contribution in [2.24, 2.45) is 0 Å². The van der Waals surface area contributed by atoms with Crippen LogP contribution in [0.1, 0.15) is 39.3 Å². The Morgan fingerprint density at radius 2 is 1.83 bits per heavy atom. The Balaban J connectivity index is 1.27. The highest BCUT2D eigenvalue weighted by atomic mass is 35.5. The van der Waals surface area contributed by atoms with Crippen molar-refractivity contribution in [1.82, 2.24) is 14.5 Å². The lowest BCUT2D eigenvalue weighted by atomic mass is 9.74. The summed E-state index contributed by atoms with van der Waals surface area (Å²) in [5.74, 6) is -0.121. The molecule has 2 aromatic heterocycles. The maximum Gasteiger partial charge on any atom is 0.256 e. The van der Waals surface area contributed by atoms with E-state index in [2.05, 4.69) is 34.6 Å². The second kappa shape index (κ2) is 8.54. The Hall–Kier alpha value is -3.64. The van der Waals surface area contributed by atoms with Gasteiger partial charge in [0.1, 0.15) is 5.69 Å². The van der Waals surface area contributed by atoms with Gasteiger partial charge in [-0.3, -0.25) is 14.6 Å². The number of nitrogens with one attached hydrogen (secondary N) is 1. The summed E-state index contributed by atoms with van der Waals surface area (Å²) in [7, 11) is 0. The Kier molecular flexibility index (Phi) is 5.33. The molecule has 2 aliphatic rings. The van der Waals surface area contributed by atoms with Crippen LogP contribution in [0.2, 0.25) is 5.02 Å². The van der Waals surface area contributed by atoms with E-state index < -0.39 is 0 Å². The van der Waals surface area contributed by atoms with E-state index >= 15 is 0 Å². The summed E-state index contributed by atoms with van der Waals surface area (Å²) >= 11 is 6.28. The number of carbonyl (C=O) groups excluding carboxylic acids is 2. The summed E-state index contributed by atoms with van der Waals surface area (Å²) in [5, 5.41) is 4.91. The first kappa shape index (κ1) is 21.9. The molecule has 1 fully saturated rings. The number of pyridine rings is 1. The van der Waals surface area contributed by atoms with Gasteiger partial charge in [0.15, 0.2) is 0 Å². The van der Waals surface area contributed by atoms with Crippen molar-refractivity contribution in [3.8, 4) is 0 Å². The molecular weight excluding hydrogens is 460 g/mol. The van der Waals surface area contributed by atoms with Crippen LogP contribution in [0.25, 0.3) is 10.9 Å². The number of amides is 1. The van der Waals surface area contributed by atoms with Crippen LogP contribution < -0.4 is 5.32 Å². The van der Waals surface area contributed by atoms with Crippen molar-refractivity contribution >= 4 is 39.9 Å². The van der Waals surface area contributed by atoms with E-state index in [4.69, 9.17) is 11.6 Å². The van der Waals surface area contributed by atoms with Crippen molar-refractivity contribution in [3.05, 3.63) is 94.9 Å². The zero-order chi connectivity index (χ0) is 24.0. The lowest BCUT2D eigenvalue weighted by molar-refractivity contribution is 0.0677. The number of hydrogen-bond acceptors (Lipinski definition) is 4. The van der Waals surface area contributed by atoms with E-state index in [0.717, 1.165) is 30.3 Å². The molecule has 1 N–H and O–H groups in total. The minimum Gasteiger partial charge on any atom is -0.384 e. The summed E-state index contributed by atoms with van der Waals surface area (Å²) in [6.45, 7) is 2.40. The van der Waals surface area contributed by atoms with Gasteiger partial charge < -0.3 is 14.8 Å². The van der Waals surface area contributed by atoms with Gasteiger partial charge in [-0.05, 0) is 48.7 Å². The fraction of sp³-hybridized carbons (Fsp3) is 0.250. The van der Waals surface area contributed by atoms with Gasteiger partial charge in [0.2, 0.25) is 5.78 Å². The first-order valence-corrected chi connectivity index (χ1v) is 12.3. The van der Waals surface area contributed by atoms with Crippen LogP contribution in [-0.4, -0.2) is 45.8 Å². The average molecular weight is 485 g/mol. The van der Waals surface area contributed by atoms with Gasteiger partial charge in [-0.1, -0.05) is 41.9 Å². The molecular formula is C28H25ClN4O2. The molecule has 0 radical (unpaired) electrons. The molecule has 2 aliphatic heterocycles. The van der Waals surface area contributed by atoms with Crippen molar-refractivity contribution in [1.29, 1.82) is 0 Å². The molecule has 0 bridgehead atoms. The van der Waals surface area contributed by atoms with Crippen molar-refractivity contribution < 1.29 is 9.59 Å². The molecule has 2 aromatic carbocycles. The third-order valence-electron chi connectivity index (χ3n) is 7.46.